The van der Waals surface area contributed by atoms with E-state index in [0.717, 1.165) is 38.2 Å². The van der Waals surface area contributed by atoms with Gasteiger partial charge in [0.25, 0.3) is 0 Å². The van der Waals surface area contributed by atoms with Gasteiger partial charge in [-0.05, 0) is 31.7 Å². The van der Waals surface area contributed by atoms with E-state index < -0.39 is 11.5 Å². The summed E-state index contributed by atoms with van der Waals surface area (Å²) in [7, 11) is 0. The van der Waals surface area contributed by atoms with E-state index in [1.807, 2.05) is 0 Å². The highest BCUT2D eigenvalue weighted by atomic mass is 35.5. The lowest BCUT2D eigenvalue weighted by Crippen LogP contribution is -2.58. The summed E-state index contributed by atoms with van der Waals surface area (Å²) in [5.74, 6) is -0.729. The van der Waals surface area contributed by atoms with Crippen LogP contribution >= 0.6 is 11.6 Å². The number of guanidine groups is 2. The lowest BCUT2D eigenvalue weighted by molar-refractivity contribution is 0.303. The zero-order valence-corrected chi connectivity index (χ0v) is 12.6. The fraction of sp³-hybridized carbons (Fsp3) is 0.429. The first-order chi connectivity index (χ1) is 10.4. The summed E-state index contributed by atoms with van der Waals surface area (Å²) >= 11 is 5.85. The van der Waals surface area contributed by atoms with Crippen molar-refractivity contribution in [2.24, 2.45) is 21.5 Å². The predicted octanol–water partition coefficient (Wildman–Crippen LogP) is 2.29. The van der Waals surface area contributed by atoms with E-state index in [0.29, 0.717) is 0 Å². The minimum atomic E-state index is -0.702. The van der Waals surface area contributed by atoms with Gasteiger partial charge in [-0.25, -0.2) is 9.38 Å². The van der Waals surface area contributed by atoms with Crippen LogP contribution in [0, 0.1) is 5.82 Å². The molecule has 0 aromatic heterocycles. The molecule has 5 N–H and O–H groups in total. The summed E-state index contributed by atoms with van der Waals surface area (Å²) < 4.78 is 13.5. The van der Waals surface area contributed by atoms with E-state index in [4.69, 9.17) is 23.1 Å². The number of aliphatic imine (C=N–C) groups is 2. The Hall–Kier alpha value is -2.02. The quantitative estimate of drug-likeness (QED) is 0.737. The number of hydrogen-bond acceptors (Lipinski definition) is 6. The average molecular weight is 326 g/mol. The Bertz CT molecular complexity index is 669. The van der Waals surface area contributed by atoms with Crippen molar-refractivity contribution in [3.63, 3.8) is 0 Å². The van der Waals surface area contributed by atoms with Crippen molar-refractivity contribution in [3.8, 4) is 5.75 Å². The number of phenolic OH excluding ortho intramolecular Hbond substituents is 1. The summed E-state index contributed by atoms with van der Waals surface area (Å²) in [6.07, 6.45) is 4.45. The third-order valence-electron chi connectivity index (χ3n) is 4.11. The molecule has 0 amide bonds. The lowest BCUT2D eigenvalue weighted by atomic mass is 9.87. The van der Waals surface area contributed by atoms with Gasteiger partial charge in [-0.1, -0.05) is 18.0 Å². The van der Waals surface area contributed by atoms with Crippen LogP contribution in [-0.4, -0.2) is 22.7 Å². The molecule has 1 heterocycles. The van der Waals surface area contributed by atoms with Crippen molar-refractivity contribution in [2.75, 3.05) is 4.90 Å². The molecule has 1 aliphatic carbocycles. The second kappa shape index (κ2) is 5.31. The van der Waals surface area contributed by atoms with Crippen LogP contribution in [0.25, 0.3) is 0 Å². The molecule has 0 saturated heterocycles. The second-order valence-electron chi connectivity index (χ2n) is 5.57. The molecular formula is C14H17ClFN5O. The van der Waals surface area contributed by atoms with E-state index in [2.05, 4.69) is 9.98 Å². The van der Waals surface area contributed by atoms with Crippen LogP contribution in [-0.2, 0) is 0 Å². The number of hydrogen-bond donors (Lipinski definition) is 3. The van der Waals surface area contributed by atoms with Gasteiger partial charge in [-0.2, -0.15) is 4.99 Å². The van der Waals surface area contributed by atoms with E-state index in [-0.39, 0.29) is 28.4 Å². The van der Waals surface area contributed by atoms with Crippen LogP contribution in [0.2, 0.25) is 5.02 Å². The lowest BCUT2D eigenvalue weighted by Gasteiger charge is -2.45. The summed E-state index contributed by atoms with van der Waals surface area (Å²) in [5.41, 5.74) is 11.4. The number of benzene rings is 1. The molecule has 1 spiro atoms. The van der Waals surface area contributed by atoms with Crippen molar-refractivity contribution in [3.05, 3.63) is 23.0 Å². The number of nitrogens with zero attached hydrogens (tertiary/aromatic N) is 3. The molecule has 0 atom stereocenters. The van der Waals surface area contributed by atoms with Crippen LogP contribution in [0.15, 0.2) is 22.1 Å². The molecular weight excluding hydrogens is 309 g/mol. The first-order valence-electron chi connectivity index (χ1n) is 7.11. The van der Waals surface area contributed by atoms with Crippen LogP contribution in [0.4, 0.5) is 10.1 Å². The van der Waals surface area contributed by atoms with Gasteiger partial charge < -0.3 is 16.6 Å². The van der Waals surface area contributed by atoms with E-state index in [1.54, 1.807) is 4.90 Å². The zero-order valence-electron chi connectivity index (χ0n) is 11.9. The molecule has 1 aromatic carbocycles. The molecule has 118 valence electrons. The number of anilines is 1. The Morgan fingerprint density at radius 1 is 1.23 bits per heavy atom. The van der Waals surface area contributed by atoms with Gasteiger partial charge in [0.05, 0.1) is 10.7 Å². The van der Waals surface area contributed by atoms with Gasteiger partial charge in [0.2, 0.25) is 11.9 Å². The van der Waals surface area contributed by atoms with E-state index in [9.17, 15) is 9.50 Å². The van der Waals surface area contributed by atoms with Gasteiger partial charge >= 0.3 is 0 Å². The number of halogens is 2. The second-order valence-corrected chi connectivity index (χ2v) is 5.98. The van der Waals surface area contributed by atoms with Gasteiger partial charge in [-0.3, -0.25) is 4.90 Å². The van der Waals surface area contributed by atoms with Crippen LogP contribution in [0.1, 0.15) is 32.1 Å². The summed E-state index contributed by atoms with van der Waals surface area (Å²) in [6.45, 7) is 0. The number of phenols is 1. The minimum absolute atomic E-state index is 0.103. The fourth-order valence-corrected chi connectivity index (χ4v) is 3.33. The van der Waals surface area contributed by atoms with Crippen LogP contribution in [0.3, 0.4) is 0 Å². The summed E-state index contributed by atoms with van der Waals surface area (Å²) in [6, 6.07) is 2.30. The summed E-state index contributed by atoms with van der Waals surface area (Å²) in [5, 5.41) is 10.0. The maximum absolute atomic E-state index is 13.5. The van der Waals surface area contributed by atoms with Crippen LogP contribution in [0.5, 0.6) is 5.75 Å². The molecule has 0 radical (unpaired) electrons. The molecule has 1 aliphatic heterocycles. The Morgan fingerprint density at radius 2 is 1.91 bits per heavy atom. The SMILES string of the molecule is NC1=NC2(CCCCC2)N(c2cc(Cl)c(F)cc2O)C(N)=N1. The minimum Gasteiger partial charge on any atom is -0.506 e. The third-order valence-corrected chi connectivity index (χ3v) is 4.40. The smallest absolute Gasteiger partial charge is 0.220 e. The molecule has 8 heteroatoms. The molecule has 1 fully saturated rings. The standard InChI is InChI=1S/C14H17ClFN5O/c15-8-6-10(11(22)7-9(8)16)21-13(18)19-12(17)20-14(21)4-2-1-3-5-14/h6-7,22H,1-5H2,(H4,17,18,19,20). The maximum Gasteiger partial charge on any atom is 0.220 e. The Morgan fingerprint density at radius 3 is 2.59 bits per heavy atom. The van der Waals surface area contributed by atoms with Gasteiger partial charge in [-0.15, -0.1) is 0 Å². The summed E-state index contributed by atoms with van der Waals surface area (Å²) in [4.78, 5) is 10.1. The Labute approximate surface area is 132 Å². The van der Waals surface area contributed by atoms with E-state index >= 15 is 0 Å². The van der Waals surface area contributed by atoms with Gasteiger partial charge in [0.1, 0.15) is 17.2 Å². The van der Waals surface area contributed by atoms with Gasteiger partial charge in [0.15, 0.2) is 0 Å². The number of rotatable bonds is 1. The highest BCUT2D eigenvalue weighted by Crippen LogP contribution is 2.43. The Kier molecular flexibility index (Phi) is 3.60. The number of aromatic hydroxyl groups is 1. The fourth-order valence-electron chi connectivity index (χ4n) is 3.17. The van der Waals surface area contributed by atoms with Crippen molar-refractivity contribution >= 4 is 29.2 Å². The molecule has 6 nitrogen and oxygen atoms in total. The first-order valence-corrected chi connectivity index (χ1v) is 7.48. The molecule has 3 rings (SSSR count). The number of nitrogens with two attached hydrogens (primary N) is 2. The van der Waals surface area contributed by atoms with Crippen molar-refractivity contribution in [1.82, 2.24) is 0 Å². The molecule has 22 heavy (non-hydrogen) atoms. The van der Waals surface area contributed by atoms with Crippen molar-refractivity contribution in [2.45, 2.75) is 37.8 Å². The molecule has 0 unspecified atom stereocenters. The monoisotopic (exact) mass is 325 g/mol. The molecule has 1 saturated carbocycles. The van der Waals surface area contributed by atoms with Crippen molar-refractivity contribution in [1.29, 1.82) is 0 Å². The topological polar surface area (TPSA) is 100 Å². The Balaban J connectivity index is 2.14. The molecule has 1 aromatic rings. The average Bonchev–Trinajstić information content (AvgIpc) is 2.44. The first kappa shape index (κ1) is 14.9. The van der Waals surface area contributed by atoms with Crippen LogP contribution < -0.4 is 16.4 Å². The highest BCUT2D eigenvalue weighted by molar-refractivity contribution is 6.31. The largest absolute Gasteiger partial charge is 0.506 e. The highest BCUT2D eigenvalue weighted by Gasteiger charge is 2.43. The van der Waals surface area contributed by atoms with E-state index in [1.165, 1.54) is 6.07 Å². The van der Waals surface area contributed by atoms with Gasteiger partial charge in [0, 0.05) is 6.07 Å². The normalized spacial score (nSPS) is 20.7. The maximum atomic E-state index is 13.5. The predicted molar refractivity (Wildman–Crippen MR) is 84.6 cm³/mol. The van der Waals surface area contributed by atoms with Crippen molar-refractivity contribution < 1.29 is 9.50 Å². The molecule has 0 bridgehead atoms. The third kappa shape index (κ3) is 2.35. The molecule has 2 aliphatic rings. The zero-order chi connectivity index (χ0) is 15.9.